The van der Waals surface area contributed by atoms with E-state index in [1.807, 2.05) is 0 Å². The van der Waals surface area contributed by atoms with Crippen molar-refractivity contribution in [2.75, 3.05) is 5.73 Å². The third-order valence-corrected chi connectivity index (χ3v) is 4.84. The molecule has 0 heterocycles. The summed E-state index contributed by atoms with van der Waals surface area (Å²) in [7, 11) is 0. The van der Waals surface area contributed by atoms with Crippen molar-refractivity contribution < 1.29 is 0 Å². The third kappa shape index (κ3) is 2.57. The molecular weight excluding hydrogens is 254 g/mol. The third-order valence-electron chi connectivity index (χ3n) is 4.84. The molecule has 0 radical (unpaired) electrons. The smallest absolute Gasteiger partial charge is 0.0391 e. The second-order valence-corrected chi connectivity index (χ2v) is 6.33. The summed E-state index contributed by atoms with van der Waals surface area (Å²) in [6.07, 6.45) is 6.13. The van der Waals surface area contributed by atoms with Crippen LogP contribution in [-0.4, -0.2) is 0 Å². The van der Waals surface area contributed by atoms with Crippen LogP contribution in [0.2, 0.25) is 0 Å². The van der Waals surface area contributed by atoms with Crippen LogP contribution in [0.1, 0.15) is 62.1 Å². The quantitative estimate of drug-likeness (QED) is 0.482. The van der Waals surface area contributed by atoms with Gasteiger partial charge in [-0.25, -0.2) is 0 Å². The first-order valence-electron chi connectivity index (χ1n) is 8.22. The van der Waals surface area contributed by atoms with Gasteiger partial charge in [-0.15, -0.1) is 0 Å². The van der Waals surface area contributed by atoms with Gasteiger partial charge in [0.15, 0.2) is 0 Å². The SMILES string of the molecule is CCCCCC(C)c1ccc2c(c1N)Cc1ccccc1-2. The van der Waals surface area contributed by atoms with Gasteiger partial charge in [-0.1, -0.05) is 69.5 Å². The van der Waals surface area contributed by atoms with Crippen LogP contribution in [0.4, 0.5) is 5.69 Å². The van der Waals surface area contributed by atoms with E-state index in [0.29, 0.717) is 5.92 Å². The van der Waals surface area contributed by atoms with Crippen molar-refractivity contribution in [2.45, 2.75) is 51.9 Å². The lowest BCUT2D eigenvalue weighted by molar-refractivity contribution is 0.599. The van der Waals surface area contributed by atoms with Crippen molar-refractivity contribution in [2.24, 2.45) is 0 Å². The van der Waals surface area contributed by atoms with E-state index in [2.05, 4.69) is 50.2 Å². The van der Waals surface area contributed by atoms with Crippen LogP contribution < -0.4 is 5.73 Å². The van der Waals surface area contributed by atoms with Gasteiger partial charge in [-0.2, -0.15) is 0 Å². The molecule has 1 atom stereocenters. The molecule has 0 saturated heterocycles. The number of benzene rings is 2. The molecule has 0 aromatic heterocycles. The molecule has 1 heteroatoms. The van der Waals surface area contributed by atoms with Gasteiger partial charge in [-0.3, -0.25) is 0 Å². The van der Waals surface area contributed by atoms with Crippen molar-refractivity contribution in [1.29, 1.82) is 0 Å². The van der Waals surface area contributed by atoms with E-state index >= 15 is 0 Å². The highest BCUT2D eigenvalue weighted by Gasteiger charge is 2.22. The van der Waals surface area contributed by atoms with Crippen LogP contribution in [0.25, 0.3) is 11.1 Å². The van der Waals surface area contributed by atoms with Crippen LogP contribution in [0.5, 0.6) is 0 Å². The van der Waals surface area contributed by atoms with Crippen LogP contribution in [0.3, 0.4) is 0 Å². The number of rotatable bonds is 5. The topological polar surface area (TPSA) is 26.0 Å². The Morgan fingerprint density at radius 1 is 1.05 bits per heavy atom. The molecule has 1 aliphatic rings. The van der Waals surface area contributed by atoms with Gasteiger partial charge in [0, 0.05) is 12.1 Å². The maximum atomic E-state index is 6.52. The summed E-state index contributed by atoms with van der Waals surface area (Å²) in [5.41, 5.74) is 14.4. The number of nitrogen functional groups attached to an aromatic ring is 1. The number of anilines is 1. The lowest BCUT2D eigenvalue weighted by Crippen LogP contribution is -2.03. The first kappa shape index (κ1) is 14.2. The van der Waals surface area contributed by atoms with E-state index < -0.39 is 0 Å². The molecule has 2 aromatic carbocycles. The molecule has 0 bridgehead atoms. The first-order valence-corrected chi connectivity index (χ1v) is 8.22. The monoisotopic (exact) mass is 279 g/mol. The molecule has 1 aliphatic carbocycles. The van der Waals surface area contributed by atoms with Gasteiger partial charge < -0.3 is 5.73 Å². The van der Waals surface area contributed by atoms with Gasteiger partial charge in [0.05, 0.1) is 0 Å². The molecule has 1 nitrogen and oxygen atoms in total. The Kier molecular flexibility index (Phi) is 4.01. The Hall–Kier alpha value is -1.76. The van der Waals surface area contributed by atoms with Crippen molar-refractivity contribution in [1.82, 2.24) is 0 Å². The highest BCUT2D eigenvalue weighted by molar-refractivity contribution is 5.82. The standard InChI is InChI=1S/C20H25N/c1-3-4-5-8-14(2)16-11-12-18-17-10-7-6-9-15(17)13-19(18)20(16)21/h6-7,9-12,14H,3-5,8,13,21H2,1-2H3. The minimum Gasteiger partial charge on any atom is -0.398 e. The highest BCUT2D eigenvalue weighted by Crippen LogP contribution is 2.42. The van der Waals surface area contributed by atoms with Gasteiger partial charge in [0.25, 0.3) is 0 Å². The minimum atomic E-state index is 0.561. The fourth-order valence-electron chi connectivity index (χ4n) is 3.54. The molecule has 1 unspecified atom stereocenters. The zero-order valence-corrected chi connectivity index (χ0v) is 13.2. The molecule has 110 valence electrons. The van der Waals surface area contributed by atoms with Gasteiger partial charge in [0.2, 0.25) is 0 Å². The summed E-state index contributed by atoms with van der Waals surface area (Å²) in [6.45, 7) is 4.57. The molecule has 0 aliphatic heterocycles. The fraction of sp³-hybridized carbons (Fsp3) is 0.400. The van der Waals surface area contributed by atoms with Crippen LogP contribution in [0.15, 0.2) is 36.4 Å². The van der Waals surface area contributed by atoms with Crippen molar-refractivity contribution in [3.8, 4) is 11.1 Å². The Morgan fingerprint density at radius 2 is 1.86 bits per heavy atom. The maximum absolute atomic E-state index is 6.52. The number of hydrogen-bond acceptors (Lipinski definition) is 1. The summed E-state index contributed by atoms with van der Waals surface area (Å²) in [5.74, 6) is 0.561. The van der Waals surface area contributed by atoms with E-state index in [9.17, 15) is 0 Å². The van der Waals surface area contributed by atoms with Crippen LogP contribution in [-0.2, 0) is 6.42 Å². The lowest BCUT2D eigenvalue weighted by atomic mass is 9.90. The summed E-state index contributed by atoms with van der Waals surface area (Å²) in [4.78, 5) is 0. The number of nitrogens with two attached hydrogens (primary N) is 1. The molecule has 2 aromatic rings. The van der Waals surface area contributed by atoms with E-state index in [-0.39, 0.29) is 0 Å². The first-order chi connectivity index (χ1) is 10.2. The second kappa shape index (κ2) is 5.93. The predicted octanol–water partition coefficient (Wildman–Crippen LogP) is 5.52. The lowest BCUT2D eigenvalue weighted by Gasteiger charge is -2.17. The molecule has 2 N–H and O–H groups in total. The number of hydrogen-bond donors (Lipinski definition) is 1. The normalized spacial score (nSPS) is 13.8. The molecule has 3 rings (SSSR count). The molecular formula is C20H25N. The maximum Gasteiger partial charge on any atom is 0.0391 e. The second-order valence-electron chi connectivity index (χ2n) is 6.33. The average molecular weight is 279 g/mol. The molecule has 0 saturated carbocycles. The summed E-state index contributed by atoms with van der Waals surface area (Å²) in [6, 6.07) is 13.2. The molecule has 0 spiro atoms. The Balaban J connectivity index is 1.89. The Bertz CT molecular complexity index is 642. The van der Waals surface area contributed by atoms with E-state index in [1.165, 1.54) is 53.5 Å². The van der Waals surface area contributed by atoms with Crippen LogP contribution in [0, 0.1) is 0 Å². The van der Waals surface area contributed by atoms with Crippen LogP contribution >= 0.6 is 0 Å². The summed E-state index contributed by atoms with van der Waals surface area (Å²) >= 11 is 0. The van der Waals surface area contributed by atoms with Gasteiger partial charge in [0.1, 0.15) is 0 Å². The van der Waals surface area contributed by atoms with Crippen molar-refractivity contribution >= 4 is 5.69 Å². The predicted molar refractivity (Wildman–Crippen MR) is 91.7 cm³/mol. The molecule has 21 heavy (non-hydrogen) atoms. The zero-order chi connectivity index (χ0) is 14.8. The molecule has 0 amide bonds. The minimum absolute atomic E-state index is 0.561. The molecule has 0 fully saturated rings. The van der Waals surface area contributed by atoms with E-state index in [1.54, 1.807) is 0 Å². The van der Waals surface area contributed by atoms with E-state index in [4.69, 9.17) is 5.73 Å². The average Bonchev–Trinajstić information content (AvgIpc) is 2.87. The van der Waals surface area contributed by atoms with E-state index in [0.717, 1.165) is 12.1 Å². The highest BCUT2D eigenvalue weighted by atomic mass is 14.6. The summed E-state index contributed by atoms with van der Waals surface area (Å²) in [5, 5.41) is 0. The number of unbranched alkanes of at least 4 members (excludes halogenated alkanes) is 2. The van der Waals surface area contributed by atoms with Crippen molar-refractivity contribution in [3.63, 3.8) is 0 Å². The largest absolute Gasteiger partial charge is 0.398 e. The van der Waals surface area contributed by atoms with Gasteiger partial charge in [-0.05, 0) is 40.2 Å². The number of fused-ring (bicyclic) bond motifs is 3. The fourth-order valence-corrected chi connectivity index (χ4v) is 3.54. The van der Waals surface area contributed by atoms with Crippen molar-refractivity contribution in [3.05, 3.63) is 53.1 Å². The zero-order valence-electron chi connectivity index (χ0n) is 13.2. The summed E-state index contributed by atoms with van der Waals surface area (Å²) < 4.78 is 0. The Labute approximate surface area is 128 Å². The Morgan fingerprint density at radius 3 is 2.67 bits per heavy atom. The van der Waals surface area contributed by atoms with Gasteiger partial charge >= 0.3 is 0 Å².